The number of ether oxygens (including phenoxy) is 5. The predicted molar refractivity (Wildman–Crippen MR) is 202 cm³/mol. The van der Waals surface area contributed by atoms with Crippen molar-refractivity contribution in [2.24, 2.45) is 5.11 Å². The molecule has 1 fully saturated rings. The molecule has 0 unspecified atom stereocenters. The predicted octanol–water partition coefficient (Wildman–Crippen LogP) is 8.09. The molecule has 0 radical (unpaired) electrons. The summed E-state index contributed by atoms with van der Waals surface area (Å²) in [6, 6.07) is 37.7. The summed E-state index contributed by atoms with van der Waals surface area (Å²) < 4.78 is 39.3. The van der Waals surface area contributed by atoms with E-state index in [1.54, 1.807) is 7.11 Å². The number of nitrogens with zero attached hydrogens (tertiary/aromatic N) is 3. The van der Waals surface area contributed by atoms with Crippen LogP contribution in [0.1, 0.15) is 45.7 Å². The summed E-state index contributed by atoms with van der Waals surface area (Å²) in [5, 5.41) is 6.23. The SMILES string of the molecule is C/C=C(/C)O[C@@H]1O[C@H](CO[Si](c2ccccc2)(c2ccccc2)C(C)(C)C)[C@@H](OCc2ccc(OC)cc2)[C@H](OCc2ccccc2)[C@H]1N=[N+]=[N-]. The molecule has 268 valence electrons. The van der Waals surface area contributed by atoms with Gasteiger partial charge in [0.2, 0.25) is 6.29 Å². The molecule has 0 aromatic heterocycles. The van der Waals surface area contributed by atoms with Crippen molar-refractivity contribution in [2.45, 2.75) is 83.5 Å². The van der Waals surface area contributed by atoms with E-state index in [-0.39, 0.29) is 24.9 Å². The van der Waals surface area contributed by atoms with E-state index in [2.05, 4.69) is 79.3 Å². The maximum atomic E-state index is 9.80. The van der Waals surface area contributed by atoms with Gasteiger partial charge in [-0.1, -0.05) is 129 Å². The first-order valence-electron chi connectivity index (χ1n) is 17.3. The van der Waals surface area contributed by atoms with Crippen LogP contribution in [0.3, 0.4) is 0 Å². The van der Waals surface area contributed by atoms with Crippen LogP contribution in [0.15, 0.2) is 132 Å². The first-order valence-corrected chi connectivity index (χ1v) is 19.2. The third-order valence-electron chi connectivity index (χ3n) is 9.28. The quantitative estimate of drug-likeness (QED) is 0.0407. The van der Waals surface area contributed by atoms with E-state index in [1.165, 1.54) is 0 Å². The number of rotatable bonds is 15. The van der Waals surface area contributed by atoms with Crippen LogP contribution in [0, 0.1) is 0 Å². The van der Waals surface area contributed by atoms with Gasteiger partial charge in [-0.05, 0) is 64.1 Å². The lowest BCUT2D eigenvalue weighted by atomic mass is 9.96. The Morgan fingerprint density at radius 1 is 0.804 bits per heavy atom. The van der Waals surface area contributed by atoms with Gasteiger partial charge in [0, 0.05) is 4.91 Å². The lowest BCUT2D eigenvalue weighted by Crippen LogP contribution is -2.68. The lowest BCUT2D eigenvalue weighted by Gasteiger charge is -2.47. The van der Waals surface area contributed by atoms with Gasteiger partial charge in [-0.2, -0.15) is 0 Å². The van der Waals surface area contributed by atoms with Crippen LogP contribution in [0.25, 0.3) is 10.4 Å². The van der Waals surface area contributed by atoms with E-state index in [1.807, 2.05) is 86.7 Å². The average Bonchev–Trinajstić information content (AvgIpc) is 3.15. The van der Waals surface area contributed by atoms with Gasteiger partial charge in [-0.25, -0.2) is 0 Å². The molecule has 51 heavy (non-hydrogen) atoms. The average molecular weight is 708 g/mol. The molecule has 0 bridgehead atoms. The minimum absolute atomic E-state index is 0.170. The van der Waals surface area contributed by atoms with E-state index >= 15 is 0 Å². The van der Waals surface area contributed by atoms with E-state index in [9.17, 15) is 5.53 Å². The normalized spacial score (nSPS) is 21.1. The molecule has 4 aromatic rings. The third kappa shape index (κ3) is 9.09. The topological polar surface area (TPSA) is 104 Å². The summed E-state index contributed by atoms with van der Waals surface area (Å²) in [6.07, 6.45) is -1.21. The van der Waals surface area contributed by atoms with E-state index in [0.717, 1.165) is 27.2 Å². The maximum absolute atomic E-state index is 9.80. The second kappa shape index (κ2) is 17.7. The second-order valence-electron chi connectivity index (χ2n) is 13.6. The summed E-state index contributed by atoms with van der Waals surface area (Å²) in [7, 11) is -1.33. The van der Waals surface area contributed by atoms with Crippen LogP contribution in [0.4, 0.5) is 0 Å². The van der Waals surface area contributed by atoms with Gasteiger partial charge in [-0.15, -0.1) is 0 Å². The Morgan fingerprint density at radius 2 is 1.33 bits per heavy atom. The van der Waals surface area contributed by atoms with Crippen molar-refractivity contribution in [1.82, 2.24) is 0 Å². The highest BCUT2D eigenvalue weighted by Crippen LogP contribution is 2.38. The molecule has 1 aliphatic rings. The molecule has 0 N–H and O–H groups in total. The van der Waals surface area contributed by atoms with Crippen molar-refractivity contribution in [3.05, 3.63) is 149 Å². The zero-order chi connectivity index (χ0) is 36.3. The summed E-state index contributed by atoms with van der Waals surface area (Å²) in [5.41, 5.74) is 11.7. The van der Waals surface area contributed by atoms with E-state index in [0.29, 0.717) is 5.76 Å². The van der Waals surface area contributed by atoms with Crippen LogP contribution in [-0.4, -0.2) is 52.7 Å². The molecule has 0 amide bonds. The van der Waals surface area contributed by atoms with Crippen molar-refractivity contribution >= 4 is 18.7 Å². The van der Waals surface area contributed by atoms with Crippen molar-refractivity contribution in [3.8, 4) is 5.75 Å². The van der Waals surface area contributed by atoms with E-state index < -0.39 is 39.0 Å². The Balaban J connectivity index is 1.58. The molecule has 1 heterocycles. The van der Waals surface area contributed by atoms with Crippen LogP contribution in [0.5, 0.6) is 5.75 Å². The molecule has 1 saturated heterocycles. The molecule has 0 saturated carbocycles. The number of benzene rings is 4. The highest BCUT2D eigenvalue weighted by Gasteiger charge is 2.53. The van der Waals surface area contributed by atoms with Crippen LogP contribution < -0.4 is 15.1 Å². The van der Waals surface area contributed by atoms with Crippen molar-refractivity contribution < 1.29 is 28.1 Å². The third-order valence-corrected chi connectivity index (χ3v) is 14.3. The molecule has 5 rings (SSSR count). The van der Waals surface area contributed by atoms with Gasteiger partial charge >= 0.3 is 0 Å². The van der Waals surface area contributed by atoms with Crippen molar-refractivity contribution in [2.75, 3.05) is 13.7 Å². The number of azide groups is 1. The minimum Gasteiger partial charge on any atom is -0.497 e. The molecule has 0 spiro atoms. The molecule has 0 aliphatic carbocycles. The first kappa shape index (κ1) is 37.8. The fourth-order valence-electron chi connectivity index (χ4n) is 6.60. The zero-order valence-corrected chi connectivity index (χ0v) is 31.3. The Labute approximate surface area is 302 Å². The molecular formula is C41H49N3O6Si. The Morgan fingerprint density at radius 3 is 1.84 bits per heavy atom. The van der Waals surface area contributed by atoms with Gasteiger partial charge in [-0.3, -0.25) is 0 Å². The molecule has 4 aromatic carbocycles. The second-order valence-corrected chi connectivity index (χ2v) is 17.9. The summed E-state index contributed by atoms with van der Waals surface area (Å²) in [5.74, 6) is 1.38. The summed E-state index contributed by atoms with van der Waals surface area (Å²) in [4.78, 5) is 3.21. The fourth-order valence-corrected chi connectivity index (χ4v) is 11.2. The Hall–Kier alpha value is -4.41. The number of hydrogen-bond donors (Lipinski definition) is 0. The van der Waals surface area contributed by atoms with Gasteiger partial charge in [0.05, 0.1) is 32.7 Å². The minimum atomic E-state index is -2.97. The van der Waals surface area contributed by atoms with Gasteiger partial charge < -0.3 is 28.1 Å². The summed E-state index contributed by atoms with van der Waals surface area (Å²) >= 11 is 0. The number of allylic oxidation sites excluding steroid dienone is 2. The van der Waals surface area contributed by atoms with Gasteiger partial charge in [0.1, 0.15) is 30.1 Å². The molecule has 10 heteroatoms. The molecule has 1 aliphatic heterocycles. The monoisotopic (exact) mass is 707 g/mol. The van der Waals surface area contributed by atoms with Crippen LogP contribution in [0.2, 0.25) is 5.04 Å². The maximum Gasteiger partial charge on any atom is 0.261 e. The lowest BCUT2D eigenvalue weighted by molar-refractivity contribution is -0.273. The smallest absolute Gasteiger partial charge is 0.261 e. The van der Waals surface area contributed by atoms with Gasteiger partial charge in [0.25, 0.3) is 8.32 Å². The highest BCUT2D eigenvalue weighted by molar-refractivity contribution is 6.99. The van der Waals surface area contributed by atoms with Crippen molar-refractivity contribution in [3.63, 3.8) is 0 Å². The molecular weight excluding hydrogens is 659 g/mol. The molecule has 9 nitrogen and oxygen atoms in total. The fraction of sp³-hybridized carbons (Fsp3) is 0.366. The molecule has 5 atom stereocenters. The van der Waals surface area contributed by atoms with E-state index in [4.69, 9.17) is 28.1 Å². The Bertz CT molecular complexity index is 1690. The first-order chi connectivity index (χ1) is 24.7. The Kier molecular flexibility index (Phi) is 13.1. The largest absolute Gasteiger partial charge is 0.497 e. The zero-order valence-electron chi connectivity index (χ0n) is 30.3. The summed E-state index contributed by atoms with van der Waals surface area (Å²) in [6.45, 7) is 11.1. The number of methoxy groups -OCH3 is 1. The van der Waals surface area contributed by atoms with Crippen LogP contribution >= 0.6 is 0 Å². The number of hydrogen-bond acceptors (Lipinski definition) is 7. The van der Waals surface area contributed by atoms with Crippen LogP contribution in [-0.2, 0) is 36.6 Å². The van der Waals surface area contributed by atoms with Crippen molar-refractivity contribution in [1.29, 1.82) is 0 Å². The van der Waals surface area contributed by atoms with Gasteiger partial charge in [0.15, 0.2) is 0 Å². The highest BCUT2D eigenvalue weighted by atomic mass is 28.4. The standard InChI is InChI=1S/C41H49N3O6Si/c1-7-30(2)49-40-37(43-44-42)39(47-27-31-17-11-8-12-18-31)38(46-28-32-23-25-33(45-6)26-24-32)36(50-40)29-48-51(41(3,4)5,34-19-13-9-14-20-34)35-21-15-10-16-22-35/h7-26,36-40H,27-29H2,1-6H3/b30-7-/t36-,37-,38-,39-,40-/m1/s1.